The molecule has 0 aromatic heterocycles. The van der Waals surface area contributed by atoms with Crippen molar-refractivity contribution in [3.05, 3.63) is 64.2 Å². The average Bonchev–Trinajstić information content (AvgIpc) is 2.45. The monoisotopic (exact) mass is 289 g/mol. The summed E-state index contributed by atoms with van der Waals surface area (Å²) in [6.45, 7) is 0. The summed E-state index contributed by atoms with van der Waals surface area (Å²) in [5.74, 6) is 0.484. The largest absolute Gasteiger partial charge is 0.488 e. The lowest BCUT2D eigenvalue weighted by Gasteiger charge is -2.04. The van der Waals surface area contributed by atoms with Gasteiger partial charge in [0.1, 0.15) is 0 Å². The van der Waals surface area contributed by atoms with Crippen molar-refractivity contribution in [2.45, 2.75) is 10.6 Å². The third kappa shape index (κ3) is 3.60. The van der Waals surface area contributed by atoms with Gasteiger partial charge in [0, 0.05) is 22.3 Å². The number of para-hydroxylation sites is 1. The molecule has 0 radical (unpaired) electrons. The van der Waals surface area contributed by atoms with Gasteiger partial charge in [-0.3, -0.25) is 10.1 Å². The van der Waals surface area contributed by atoms with Crippen LogP contribution in [0.15, 0.2) is 53.4 Å². The van der Waals surface area contributed by atoms with Crippen molar-refractivity contribution in [3.8, 4) is 0 Å². The Balaban J connectivity index is 2.07. The van der Waals surface area contributed by atoms with E-state index in [0.717, 1.165) is 4.90 Å². The van der Waals surface area contributed by atoms with Crippen LogP contribution in [-0.2, 0) is 5.75 Å². The Bertz CT molecular complexity index is 604. The molecule has 20 heavy (non-hydrogen) atoms. The number of nitro groups is 1. The second-order valence-corrected chi connectivity index (χ2v) is 5.17. The Hall–Kier alpha value is -1.83. The first kappa shape index (κ1) is 14.6. The molecule has 0 fully saturated rings. The van der Waals surface area contributed by atoms with E-state index in [1.807, 2.05) is 0 Å². The summed E-state index contributed by atoms with van der Waals surface area (Å²) in [4.78, 5) is 11.4. The van der Waals surface area contributed by atoms with Crippen molar-refractivity contribution >= 4 is 30.0 Å². The predicted molar refractivity (Wildman–Crippen MR) is 78.9 cm³/mol. The molecule has 0 aliphatic rings. The molecule has 2 aromatic carbocycles. The van der Waals surface area contributed by atoms with Gasteiger partial charge in [-0.15, -0.1) is 11.8 Å². The zero-order valence-corrected chi connectivity index (χ0v) is 11.3. The van der Waals surface area contributed by atoms with Crippen molar-refractivity contribution in [2.24, 2.45) is 0 Å². The fourth-order valence-corrected chi connectivity index (χ4v) is 2.60. The molecule has 0 amide bonds. The average molecular weight is 289 g/mol. The molecule has 0 bridgehead atoms. The Morgan fingerprint density at radius 3 is 2.35 bits per heavy atom. The summed E-state index contributed by atoms with van der Waals surface area (Å²) in [6.07, 6.45) is 0. The summed E-state index contributed by atoms with van der Waals surface area (Å²) in [6, 6.07) is 13.4. The lowest BCUT2D eigenvalue weighted by molar-refractivity contribution is -0.385. The van der Waals surface area contributed by atoms with Gasteiger partial charge in [-0.25, -0.2) is 0 Å². The summed E-state index contributed by atoms with van der Waals surface area (Å²) in [7, 11) is -1.48. The minimum absolute atomic E-state index is 0.113. The van der Waals surface area contributed by atoms with Crippen LogP contribution in [0.4, 0.5) is 5.69 Å². The predicted octanol–water partition coefficient (Wildman–Crippen LogP) is 1.57. The van der Waals surface area contributed by atoms with Gasteiger partial charge < -0.3 is 10.0 Å². The fourth-order valence-electron chi connectivity index (χ4n) is 1.71. The van der Waals surface area contributed by atoms with Crippen molar-refractivity contribution in [3.63, 3.8) is 0 Å². The quantitative estimate of drug-likeness (QED) is 0.378. The molecular formula is C13H12BNO4S. The highest BCUT2D eigenvalue weighted by Gasteiger charge is 2.13. The third-order valence-corrected chi connectivity index (χ3v) is 3.82. The van der Waals surface area contributed by atoms with Gasteiger partial charge in [0.15, 0.2) is 0 Å². The molecule has 0 saturated heterocycles. The van der Waals surface area contributed by atoms with E-state index in [9.17, 15) is 10.1 Å². The smallest absolute Gasteiger partial charge is 0.423 e. The molecule has 0 heterocycles. The molecule has 0 unspecified atom stereocenters. The first-order chi connectivity index (χ1) is 9.58. The van der Waals surface area contributed by atoms with Crippen molar-refractivity contribution in [1.82, 2.24) is 0 Å². The van der Waals surface area contributed by atoms with Gasteiger partial charge in [0.2, 0.25) is 0 Å². The third-order valence-electron chi connectivity index (χ3n) is 2.76. The number of thioether (sulfide) groups is 1. The van der Waals surface area contributed by atoms with Crippen molar-refractivity contribution < 1.29 is 15.0 Å². The molecule has 2 rings (SSSR count). The number of hydrogen-bond acceptors (Lipinski definition) is 5. The van der Waals surface area contributed by atoms with Crippen LogP contribution in [0, 0.1) is 10.1 Å². The van der Waals surface area contributed by atoms with Crippen LogP contribution in [0.3, 0.4) is 0 Å². The van der Waals surface area contributed by atoms with Crippen LogP contribution >= 0.6 is 11.8 Å². The lowest BCUT2D eigenvalue weighted by atomic mass is 9.81. The minimum Gasteiger partial charge on any atom is -0.423 e. The lowest BCUT2D eigenvalue weighted by Crippen LogP contribution is -2.29. The molecule has 0 atom stereocenters. The molecule has 5 nitrogen and oxygen atoms in total. The summed E-state index contributed by atoms with van der Waals surface area (Å²) in [5.41, 5.74) is 1.19. The fraction of sp³-hybridized carbons (Fsp3) is 0.0769. The van der Waals surface area contributed by atoms with Crippen molar-refractivity contribution in [1.29, 1.82) is 0 Å². The second-order valence-electron chi connectivity index (χ2n) is 4.12. The molecule has 2 aromatic rings. The van der Waals surface area contributed by atoms with Crippen LogP contribution in [0.5, 0.6) is 0 Å². The maximum absolute atomic E-state index is 10.9. The summed E-state index contributed by atoms with van der Waals surface area (Å²) < 4.78 is 0. The molecule has 0 aliphatic carbocycles. The number of nitro benzene ring substituents is 1. The topological polar surface area (TPSA) is 83.6 Å². The zero-order chi connectivity index (χ0) is 14.5. The second kappa shape index (κ2) is 6.56. The summed E-state index contributed by atoms with van der Waals surface area (Å²) in [5, 5.41) is 28.9. The van der Waals surface area contributed by atoms with Crippen LogP contribution in [0.1, 0.15) is 5.56 Å². The van der Waals surface area contributed by atoms with E-state index in [4.69, 9.17) is 10.0 Å². The first-order valence-electron chi connectivity index (χ1n) is 5.89. The van der Waals surface area contributed by atoms with E-state index in [2.05, 4.69) is 0 Å². The SMILES string of the molecule is O=[N+]([O-])c1ccccc1CSc1ccc(B(O)O)cc1. The van der Waals surface area contributed by atoms with E-state index in [0.29, 0.717) is 16.8 Å². The maximum atomic E-state index is 10.9. The van der Waals surface area contributed by atoms with Crippen LogP contribution < -0.4 is 5.46 Å². The van der Waals surface area contributed by atoms with Gasteiger partial charge in [-0.2, -0.15) is 0 Å². The van der Waals surface area contributed by atoms with Crippen LogP contribution in [-0.4, -0.2) is 22.1 Å². The number of nitrogens with zero attached hydrogens (tertiary/aromatic N) is 1. The zero-order valence-electron chi connectivity index (χ0n) is 10.5. The van der Waals surface area contributed by atoms with Crippen LogP contribution in [0.25, 0.3) is 0 Å². The minimum atomic E-state index is -1.48. The highest BCUT2D eigenvalue weighted by atomic mass is 32.2. The molecule has 2 N–H and O–H groups in total. The van der Waals surface area contributed by atoms with E-state index in [-0.39, 0.29) is 10.6 Å². The molecule has 7 heteroatoms. The van der Waals surface area contributed by atoms with Crippen LogP contribution in [0.2, 0.25) is 0 Å². The Labute approximate surface area is 120 Å². The van der Waals surface area contributed by atoms with E-state index < -0.39 is 7.12 Å². The van der Waals surface area contributed by atoms with E-state index >= 15 is 0 Å². The van der Waals surface area contributed by atoms with Gasteiger partial charge in [0.05, 0.1) is 4.92 Å². The number of hydrogen-bond donors (Lipinski definition) is 2. The molecular weight excluding hydrogens is 277 g/mol. The summed E-state index contributed by atoms with van der Waals surface area (Å²) >= 11 is 1.46. The van der Waals surface area contributed by atoms with Gasteiger partial charge in [-0.05, 0) is 17.6 Å². The highest BCUT2D eigenvalue weighted by molar-refractivity contribution is 7.98. The van der Waals surface area contributed by atoms with Crippen molar-refractivity contribution in [2.75, 3.05) is 0 Å². The standard InChI is InChI=1S/C13H12BNO4S/c16-14(17)11-5-7-12(8-6-11)20-9-10-3-1-2-4-13(10)15(18)19/h1-8,16-17H,9H2. The molecule has 102 valence electrons. The number of benzene rings is 2. The van der Waals surface area contributed by atoms with Gasteiger partial charge >= 0.3 is 7.12 Å². The van der Waals surface area contributed by atoms with Gasteiger partial charge in [0.25, 0.3) is 5.69 Å². The van der Waals surface area contributed by atoms with E-state index in [1.165, 1.54) is 17.8 Å². The normalized spacial score (nSPS) is 10.3. The number of rotatable bonds is 5. The first-order valence-corrected chi connectivity index (χ1v) is 6.87. The maximum Gasteiger partial charge on any atom is 0.488 e. The Kier molecular flexibility index (Phi) is 4.78. The van der Waals surface area contributed by atoms with Gasteiger partial charge in [-0.1, -0.05) is 30.3 Å². The van der Waals surface area contributed by atoms with E-state index in [1.54, 1.807) is 42.5 Å². The molecule has 0 aliphatic heterocycles. The molecule has 0 spiro atoms. The Morgan fingerprint density at radius 2 is 1.75 bits per heavy atom. The Morgan fingerprint density at radius 1 is 1.10 bits per heavy atom. The molecule has 0 saturated carbocycles. The highest BCUT2D eigenvalue weighted by Crippen LogP contribution is 2.27.